The average molecular weight is 502 g/mol. The monoisotopic (exact) mass is 501 g/mol. The summed E-state index contributed by atoms with van der Waals surface area (Å²) < 4.78 is 71.9. The largest absolute Gasteiger partial charge is 0.506 e. The van der Waals surface area contributed by atoms with Crippen molar-refractivity contribution in [1.29, 1.82) is 0 Å². The molecular weight excluding hydrogens is 481 g/mol. The van der Waals surface area contributed by atoms with Gasteiger partial charge in [0.2, 0.25) is 0 Å². The van der Waals surface area contributed by atoms with Crippen molar-refractivity contribution in [1.82, 2.24) is 9.97 Å². The second kappa shape index (κ2) is 7.64. The Morgan fingerprint density at radius 1 is 1.18 bits per heavy atom. The smallest absolute Gasteiger partial charge is 0.419 e. The topological polar surface area (TPSA) is 78.3 Å². The molecular formula is C23H21ClF5N3O2. The Bertz CT molecular complexity index is 1330. The number of hydrogen-bond acceptors (Lipinski definition) is 5. The predicted molar refractivity (Wildman–Crippen MR) is 117 cm³/mol. The Morgan fingerprint density at radius 2 is 1.82 bits per heavy atom. The van der Waals surface area contributed by atoms with Crippen LogP contribution in [0, 0.1) is 25.5 Å². The summed E-state index contributed by atoms with van der Waals surface area (Å²) in [7, 11) is 0. The van der Waals surface area contributed by atoms with E-state index in [1.54, 1.807) is 0 Å². The fourth-order valence-corrected chi connectivity index (χ4v) is 4.96. The van der Waals surface area contributed by atoms with Crippen LogP contribution in [0.4, 0.5) is 27.6 Å². The molecule has 11 heteroatoms. The number of aromatic nitrogens is 2. The first-order valence-corrected chi connectivity index (χ1v) is 10.7. The van der Waals surface area contributed by atoms with Crippen LogP contribution in [0.25, 0.3) is 10.9 Å². The van der Waals surface area contributed by atoms with E-state index >= 15 is 0 Å². The van der Waals surface area contributed by atoms with Crippen LogP contribution in [0.15, 0.2) is 18.3 Å². The molecule has 0 spiro atoms. The number of fused-ring (bicyclic) bond motifs is 2. The van der Waals surface area contributed by atoms with Gasteiger partial charge >= 0.3 is 6.18 Å². The van der Waals surface area contributed by atoms with Crippen LogP contribution in [-0.2, 0) is 5.41 Å². The molecule has 2 unspecified atom stereocenters. The van der Waals surface area contributed by atoms with E-state index in [9.17, 15) is 32.2 Å². The van der Waals surface area contributed by atoms with Gasteiger partial charge in [0.1, 0.15) is 17.1 Å². The Kier molecular flexibility index (Phi) is 5.49. The lowest BCUT2D eigenvalue weighted by molar-refractivity contribution is -0.275. The number of nitrogens with one attached hydrogen (secondary N) is 1. The third-order valence-electron chi connectivity index (χ3n) is 6.31. The van der Waals surface area contributed by atoms with Gasteiger partial charge in [-0.1, -0.05) is 31.5 Å². The summed E-state index contributed by atoms with van der Waals surface area (Å²) >= 11 is 6.18. The summed E-state index contributed by atoms with van der Waals surface area (Å²) in [6.45, 7) is 5.85. The maximum atomic E-state index is 14.4. The Hall–Kier alpha value is -2.72. The van der Waals surface area contributed by atoms with Crippen molar-refractivity contribution in [2.45, 2.75) is 57.3 Å². The molecule has 0 amide bonds. The highest BCUT2D eigenvalue weighted by molar-refractivity contribution is 6.33. The molecule has 182 valence electrons. The van der Waals surface area contributed by atoms with Crippen LogP contribution < -0.4 is 5.32 Å². The van der Waals surface area contributed by atoms with Gasteiger partial charge in [0.25, 0.3) is 0 Å². The molecule has 1 aliphatic carbocycles. The zero-order chi connectivity index (χ0) is 25.4. The number of aromatic hydroxyl groups is 1. The first-order chi connectivity index (χ1) is 15.6. The quantitative estimate of drug-likeness (QED) is 0.375. The average Bonchev–Trinajstić information content (AvgIpc) is 2.71. The number of phenols is 1. The molecule has 2 atom stereocenters. The van der Waals surface area contributed by atoms with Gasteiger partial charge in [-0.2, -0.15) is 13.2 Å². The molecule has 4 rings (SSSR count). The van der Waals surface area contributed by atoms with Crippen molar-refractivity contribution in [3.63, 3.8) is 0 Å². The van der Waals surface area contributed by atoms with Gasteiger partial charge in [0, 0.05) is 28.9 Å². The highest BCUT2D eigenvalue weighted by Gasteiger charge is 2.64. The number of nitrogens with zero attached hydrogens (tertiary/aromatic N) is 2. The maximum Gasteiger partial charge on any atom is 0.419 e. The second-order valence-electron chi connectivity index (χ2n) is 9.28. The van der Waals surface area contributed by atoms with E-state index in [1.165, 1.54) is 33.8 Å². The fraction of sp³-hybridized carbons (Fsp3) is 0.391. The van der Waals surface area contributed by atoms with Crippen LogP contribution in [-0.4, -0.2) is 32.0 Å². The van der Waals surface area contributed by atoms with E-state index in [-0.39, 0.29) is 38.6 Å². The van der Waals surface area contributed by atoms with Crippen molar-refractivity contribution < 1.29 is 32.2 Å². The number of rotatable bonds is 2. The lowest BCUT2D eigenvalue weighted by Gasteiger charge is -2.49. The van der Waals surface area contributed by atoms with Gasteiger partial charge in [0.05, 0.1) is 11.1 Å². The number of hydrogen-bond donors (Lipinski definition) is 3. The Balaban J connectivity index is 2.03. The molecule has 0 saturated heterocycles. The molecule has 1 aromatic heterocycles. The molecule has 34 heavy (non-hydrogen) atoms. The first-order valence-electron chi connectivity index (χ1n) is 10.3. The summed E-state index contributed by atoms with van der Waals surface area (Å²) in [5.41, 5.74) is -5.01. The minimum Gasteiger partial charge on any atom is -0.506 e. The summed E-state index contributed by atoms with van der Waals surface area (Å²) in [6, 6.07) is 0.136. The standard InChI is InChI=1S/C23H21ClF5N3O2/c1-9-5-11-15(19(33)16(9)24)21(3,4)8-22(34,23(27,28)29)20(11)32-14-6-13(25)17(26)18-12(14)7-30-10(2)31-18/h5-7,20,32-34H,8H2,1-4H3. The second-order valence-corrected chi connectivity index (χ2v) is 9.66. The van der Waals surface area contributed by atoms with Crippen LogP contribution >= 0.6 is 11.6 Å². The number of phenolic OH excluding ortho intramolecular Hbond substituents is 1. The predicted octanol–water partition coefficient (Wildman–Crippen LogP) is 6.01. The number of halogens is 6. The molecule has 0 saturated carbocycles. The molecule has 5 nitrogen and oxygen atoms in total. The van der Waals surface area contributed by atoms with Crippen molar-refractivity contribution >= 4 is 28.2 Å². The van der Waals surface area contributed by atoms with Crippen molar-refractivity contribution in [3.8, 4) is 5.75 Å². The normalized spacial score (nSPS) is 22.0. The molecule has 0 bridgehead atoms. The third-order valence-corrected chi connectivity index (χ3v) is 6.78. The zero-order valence-corrected chi connectivity index (χ0v) is 19.3. The fourth-order valence-electron chi connectivity index (χ4n) is 4.81. The van der Waals surface area contributed by atoms with Gasteiger partial charge < -0.3 is 15.5 Å². The van der Waals surface area contributed by atoms with Crippen LogP contribution in [0.2, 0.25) is 5.02 Å². The van der Waals surface area contributed by atoms with Crippen molar-refractivity contribution in [2.75, 3.05) is 5.32 Å². The van der Waals surface area contributed by atoms with Gasteiger partial charge in [-0.15, -0.1) is 0 Å². The molecule has 3 aromatic rings. The van der Waals surface area contributed by atoms with E-state index in [4.69, 9.17) is 11.6 Å². The van der Waals surface area contributed by atoms with Crippen molar-refractivity contribution in [2.24, 2.45) is 0 Å². The van der Waals surface area contributed by atoms with E-state index in [1.807, 2.05) is 0 Å². The van der Waals surface area contributed by atoms with E-state index in [0.29, 0.717) is 6.07 Å². The van der Waals surface area contributed by atoms with Crippen LogP contribution in [0.5, 0.6) is 5.75 Å². The summed E-state index contributed by atoms with van der Waals surface area (Å²) in [6.07, 6.45) is -4.80. The van der Waals surface area contributed by atoms with Gasteiger partial charge in [0.15, 0.2) is 17.2 Å². The highest BCUT2D eigenvalue weighted by atomic mass is 35.5. The van der Waals surface area contributed by atoms with Crippen LogP contribution in [0.3, 0.4) is 0 Å². The van der Waals surface area contributed by atoms with Gasteiger partial charge in [-0.25, -0.2) is 18.7 Å². The minimum atomic E-state index is -5.12. The third kappa shape index (κ3) is 3.54. The summed E-state index contributed by atoms with van der Waals surface area (Å²) in [5.74, 6) is -2.88. The lowest BCUT2D eigenvalue weighted by Crippen LogP contribution is -2.58. The SMILES string of the molecule is Cc1ncc2c(NC3c4cc(C)c(Cl)c(O)c4C(C)(C)CC3(O)C(F)(F)F)cc(F)c(F)c2n1. The van der Waals surface area contributed by atoms with Crippen molar-refractivity contribution in [3.05, 3.63) is 57.5 Å². The number of aliphatic hydroxyl groups is 1. The molecule has 0 aliphatic heterocycles. The lowest BCUT2D eigenvalue weighted by atomic mass is 9.63. The molecule has 0 fully saturated rings. The minimum absolute atomic E-state index is 0.0230. The highest BCUT2D eigenvalue weighted by Crippen LogP contribution is 2.57. The number of aryl methyl sites for hydroxylation is 2. The summed E-state index contributed by atoms with van der Waals surface area (Å²) in [5, 5.41) is 24.3. The molecule has 0 radical (unpaired) electrons. The number of alkyl halides is 3. The zero-order valence-electron chi connectivity index (χ0n) is 18.6. The number of benzene rings is 2. The first kappa shape index (κ1) is 24.4. The molecule has 1 aliphatic rings. The van der Waals surface area contributed by atoms with Gasteiger partial charge in [-0.3, -0.25) is 0 Å². The van der Waals surface area contributed by atoms with E-state index in [2.05, 4.69) is 15.3 Å². The van der Waals surface area contributed by atoms with E-state index in [0.717, 1.165) is 6.20 Å². The molecule has 1 heterocycles. The summed E-state index contributed by atoms with van der Waals surface area (Å²) in [4.78, 5) is 7.82. The van der Waals surface area contributed by atoms with Crippen LogP contribution in [0.1, 0.15) is 48.8 Å². The number of anilines is 1. The van der Waals surface area contributed by atoms with E-state index < -0.39 is 52.6 Å². The Labute approximate surface area is 196 Å². The molecule has 3 N–H and O–H groups in total. The van der Waals surface area contributed by atoms with Gasteiger partial charge in [-0.05, 0) is 36.8 Å². The maximum absolute atomic E-state index is 14.4. The molecule has 2 aromatic carbocycles. The Morgan fingerprint density at radius 3 is 2.44 bits per heavy atom.